The molecule has 2 aromatic carbocycles. The highest BCUT2D eigenvalue weighted by Crippen LogP contribution is 2.25. The number of ether oxygens (including phenoxy) is 1. The molecule has 190 valence electrons. The number of aryl methyl sites for hydroxylation is 1. The number of carbonyl (C=O) groups is 2. The summed E-state index contributed by atoms with van der Waals surface area (Å²) < 4.78 is 43.3. The highest BCUT2D eigenvalue weighted by molar-refractivity contribution is 7.89. The van der Waals surface area contributed by atoms with Crippen molar-refractivity contribution < 1.29 is 27.1 Å². The summed E-state index contributed by atoms with van der Waals surface area (Å²) in [5.74, 6) is -0.646. The summed E-state index contributed by atoms with van der Waals surface area (Å²) in [6.07, 6.45) is 1.03. The third-order valence-corrected chi connectivity index (χ3v) is 6.48. The number of rotatable bonds is 9. The summed E-state index contributed by atoms with van der Waals surface area (Å²) in [6.45, 7) is 4.41. The summed E-state index contributed by atoms with van der Waals surface area (Å²) >= 11 is 6.07. The Morgan fingerprint density at radius 1 is 1.17 bits per heavy atom. The minimum Gasteiger partial charge on any atom is -0.483 e. The molecule has 1 heterocycles. The van der Waals surface area contributed by atoms with Gasteiger partial charge in [0.05, 0.1) is 6.26 Å². The molecule has 1 atom stereocenters. The normalized spacial score (nSPS) is 16.7. The molecule has 0 aliphatic carbocycles. The van der Waals surface area contributed by atoms with E-state index in [0.29, 0.717) is 42.5 Å². The highest BCUT2D eigenvalue weighted by atomic mass is 35.5. The zero-order valence-electron chi connectivity index (χ0n) is 19.7. The van der Waals surface area contributed by atoms with E-state index in [-0.39, 0.29) is 37.2 Å². The Labute approximate surface area is 210 Å². The van der Waals surface area contributed by atoms with Gasteiger partial charge in [-0.1, -0.05) is 23.7 Å². The molecule has 0 spiro atoms. The van der Waals surface area contributed by atoms with Gasteiger partial charge in [0.2, 0.25) is 15.9 Å². The third-order valence-electron chi connectivity index (χ3n) is 5.65. The lowest BCUT2D eigenvalue weighted by atomic mass is 10.1. The molecule has 1 saturated heterocycles. The molecule has 1 aliphatic heterocycles. The first kappa shape index (κ1) is 26.9. The van der Waals surface area contributed by atoms with Gasteiger partial charge < -0.3 is 9.64 Å². The number of hydrogen-bond acceptors (Lipinski definition) is 6. The van der Waals surface area contributed by atoms with Crippen LogP contribution >= 0.6 is 11.6 Å². The molecule has 0 unspecified atom stereocenters. The maximum atomic E-state index is 13.1. The summed E-state index contributed by atoms with van der Waals surface area (Å²) in [7, 11) is -3.63. The van der Waals surface area contributed by atoms with Crippen LogP contribution < -0.4 is 9.46 Å². The fraction of sp³-hybridized carbons (Fsp3) is 0.417. The Morgan fingerprint density at radius 2 is 1.89 bits per heavy atom. The van der Waals surface area contributed by atoms with Gasteiger partial charge in [-0.05, 0) is 54.8 Å². The third kappa shape index (κ3) is 8.48. The van der Waals surface area contributed by atoms with E-state index in [1.165, 1.54) is 12.1 Å². The van der Waals surface area contributed by atoms with E-state index in [2.05, 4.69) is 4.90 Å². The Morgan fingerprint density at radius 3 is 2.54 bits per heavy atom. The molecule has 0 bridgehead atoms. The monoisotopic (exact) mass is 525 g/mol. The van der Waals surface area contributed by atoms with Gasteiger partial charge in [0, 0.05) is 43.7 Å². The second-order valence-corrected chi connectivity index (χ2v) is 10.8. The fourth-order valence-electron chi connectivity index (χ4n) is 4.01. The number of piperazine rings is 1. The second-order valence-electron chi connectivity index (χ2n) is 8.64. The largest absolute Gasteiger partial charge is 0.483 e. The minimum atomic E-state index is -3.63. The first-order valence-electron chi connectivity index (χ1n) is 11.2. The molecule has 0 radical (unpaired) electrons. The van der Waals surface area contributed by atoms with Crippen molar-refractivity contribution in [1.29, 1.82) is 0 Å². The summed E-state index contributed by atoms with van der Waals surface area (Å²) in [6, 6.07) is 11.3. The second kappa shape index (κ2) is 11.8. The van der Waals surface area contributed by atoms with Gasteiger partial charge >= 0.3 is 0 Å². The number of nitrogens with one attached hydrogen (secondary N) is 1. The number of carbonyl (C=O) groups excluding carboxylic acids is 2. The molecule has 2 aromatic rings. The van der Waals surface area contributed by atoms with E-state index < -0.39 is 15.9 Å². The van der Waals surface area contributed by atoms with Gasteiger partial charge in [-0.25, -0.2) is 12.8 Å². The fourth-order valence-corrected chi connectivity index (χ4v) is 4.72. The van der Waals surface area contributed by atoms with Crippen LogP contribution in [0.2, 0.25) is 5.02 Å². The molecule has 1 N–H and O–H groups in total. The lowest BCUT2D eigenvalue weighted by Crippen LogP contribution is -2.54. The average Bonchev–Trinajstić information content (AvgIpc) is 2.77. The van der Waals surface area contributed by atoms with Crippen molar-refractivity contribution in [1.82, 2.24) is 14.5 Å². The van der Waals surface area contributed by atoms with Crippen molar-refractivity contribution in [2.24, 2.45) is 0 Å². The Kier molecular flexibility index (Phi) is 9.09. The predicted octanol–water partition coefficient (Wildman–Crippen LogP) is 2.60. The van der Waals surface area contributed by atoms with Crippen LogP contribution in [0.15, 0.2) is 42.5 Å². The molecular weight excluding hydrogens is 497 g/mol. The van der Waals surface area contributed by atoms with Gasteiger partial charge in [-0.3, -0.25) is 19.2 Å². The zero-order chi connectivity index (χ0) is 25.6. The lowest BCUT2D eigenvalue weighted by molar-refractivity contribution is -0.138. The van der Waals surface area contributed by atoms with Crippen LogP contribution in [0.4, 0.5) is 4.39 Å². The van der Waals surface area contributed by atoms with Crippen LogP contribution in [0.5, 0.6) is 5.75 Å². The maximum absolute atomic E-state index is 13.1. The topological polar surface area (TPSA) is 96.0 Å². The highest BCUT2D eigenvalue weighted by Gasteiger charge is 2.27. The van der Waals surface area contributed by atoms with E-state index in [0.717, 1.165) is 11.8 Å². The number of amides is 2. The van der Waals surface area contributed by atoms with Crippen LogP contribution in [0, 0.1) is 5.82 Å². The molecule has 0 saturated carbocycles. The van der Waals surface area contributed by atoms with Gasteiger partial charge in [0.15, 0.2) is 6.61 Å². The molecular formula is C24H29ClFN3O5S. The SMILES string of the molecule is C[C@@H]1CN(Cc2ccc(F)cc2)CCN1C(=O)COc1ccc(Cl)cc1CCC(=O)NS(C)(=O)=O. The summed E-state index contributed by atoms with van der Waals surface area (Å²) in [4.78, 5) is 28.7. The summed E-state index contributed by atoms with van der Waals surface area (Å²) in [5.41, 5.74) is 1.62. The number of benzene rings is 2. The van der Waals surface area contributed by atoms with E-state index in [9.17, 15) is 22.4 Å². The van der Waals surface area contributed by atoms with Crippen LogP contribution in [-0.2, 0) is 32.6 Å². The summed E-state index contributed by atoms with van der Waals surface area (Å²) in [5, 5.41) is 0.438. The predicted molar refractivity (Wildman–Crippen MR) is 131 cm³/mol. The minimum absolute atomic E-state index is 0.0234. The van der Waals surface area contributed by atoms with E-state index >= 15 is 0 Å². The van der Waals surface area contributed by atoms with Crippen molar-refractivity contribution in [2.75, 3.05) is 32.5 Å². The van der Waals surface area contributed by atoms with Crippen LogP contribution in [0.25, 0.3) is 0 Å². The Hall–Kier alpha value is -2.69. The number of halogens is 2. The molecule has 2 amide bonds. The lowest BCUT2D eigenvalue weighted by Gasteiger charge is -2.39. The molecule has 1 aliphatic rings. The van der Waals surface area contributed by atoms with E-state index in [4.69, 9.17) is 16.3 Å². The molecule has 35 heavy (non-hydrogen) atoms. The van der Waals surface area contributed by atoms with E-state index in [1.807, 2.05) is 11.6 Å². The smallest absolute Gasteiger partial charge is 0.260 e. The molecule has 11 heteroatoms. The molecule has 3 rings (SSSR count). The van der Waals surface area contributed by atoms with Crippen molar-refractivity contribution >= 4 is 33.4 Å². The van der Waals surface area contributed by atoms with Gasteiger partial charge in [0.25, 0.3) is 5.91 Å². The van der Waals surface area contributed by atoms with Gasteiger partial charge in [-0.15, -0.1) is 0 Å². The van der Waals surface area contributed by atoms with E-state index in [1.54, 1.807) is 35.2 Å². The van der Waals surface area contributed by atoms with Crippen LogP contribution in [0.3, 0.4) is 0 Å². The first-order valence-corrected chi connectivity index (χ1v) is 13.5. The number of hydrogen-bond donors (Lipinski definition) is 1. The average molecular weight is 526 g/mol. The standard InChI is InChI=1S/C24H29ClFN3O5S/c1-17-14-28(15-18-3-7-21(26)8-4-18)11-12-29(17)24(31)16-34-22-9-6-20(25)13-19(22)5-10-23(30)27-35(2,32)33/h3-4,6-9,13,17H,5,10-12,14-16H2,1-2H3,(H,27,30)/t17-/m1/s1. The molecule has 0 aromatic heterocycles. The van der Waals surface area contributed by atoms with Gasteiger partial charge in [0.1, 0.15) is 11.6 Å². The number of nitrogens with zero attached hydrogens (tertiary/aromatic N) is 2. The first-order chi connectivity index (χ1) is 16.5. The van der Waals surface area contributed by atoms with Crippen molar-refractivity contribution in [3.05, 3.63) is 64.4 Å². The van der Waals surface area contributed by atoms with Crippen LogP contribution in [0.1, 0.15) is 24.5 Å². The van der Waals surface area contributed by atoms with Crippen molar-refractivity contribution in [3.63, 3.8) is 0 Å². The number of sulfonamides is 1. The van der Waals surface area contributed by atoms with Crippen molar-refractivity contribution in [3.8, 4) is 5.75 Å². The maximum Gasteiger partial charge on any atom is 0.260 e. The zero-order valence-corrected chi connectivity index (χ0v) is 21.2. The molecule has 1 fully saturated rings. The van der Waals surface area contributed by atoms with Crippen molar-refractivity contribution in [2.45, 2.75) is 32.4 Å². The Balaban J connectivity index is 1.53. The van der Waals surface area contributed by atoms with Crippen LogP contribution in [-0.4, -0.2) is 68.6 Å². The quantitative estimate of drug-likeness (QED) is 0.540. The Bertz CT molecular complexity index is 1160. The molecule has 8 nitrogen and oxygen atoms in total. The van der Waals surface area contributed by atoms with Gasteiger partial charge in [-0.2, -0.15) is 0 Å².